The first-order valence-corrected chi connectivity index (χ1v) is 13.1. The SMILES string of the molecule is CNC(=O)c1ccc(C)c(NCC#Cc2cc(C(=O)N[C@H]3CCN(C)C[C@@H]3C)c3ncn(CC(F)(F)F)c3c2)c1. The molecule has 212 valence electrons. The number of likely N-dealkylation sites (tertiary alicyclic amines) is 1. The fourth-order valence-corrected chi connectivity index (χ4v) is 4.93. The van der Waals surface area contributed by atoms with Gasteiger partial charge in [0.1, 0.15) is 12.1 Å². The molecule has 3 N–H and O–H groups in total. The van der Waals surface area contributed by atoms with Crippen LogP contribution in [0, 0.1) is 24.7 Å². The standard InChI is InChI=1S/C29H33F3N6O2/c1-18-7-8-21(27(39)33-3)14-24(18)34-10-5-6-20-12-22(28(40)36-23-9-11-37(4)15-19(23)2)26-25(13-20)38(17-35-26)16-29(30,31)32/h7-8,12-14,17,19,23,34H,9-11,15-16H2,1-4H3,(H,33,39)(H,36,40)/t19-,23-/m0/s1. The summed E-state index contributed by atoms with van der Waals surface area (Å²) in [6.45, 7) is 4.63. The van der Waals surface area contributed by atoms with Gasteiger partial charge in [0.25, 0.3) is 11.8 Å². The summed E-state index contributed by atoms with van der Waals surface area (Å²) in [6.07, 6.45) is -2.57. The molecule has 1 saturated heterocycles. The van der Waals surface area contributed by atoms with E-state index in [1.807, 2.05) is 20.0 Å². The summed E-state index contributed by atoms with van der Waals surface area (Å²) in [5, 5.41) is 8.83. The van der Waals surface area contributed by atoms with E-state index in [0.29, 0.717) is 11.1 Å². The number of rotatable bonds is 6. The Morgan fingerprint density at radius 2 is 1.95 bits per heavy atom. The van der Waals surface area contributed by atoms with E-state index in [2.05, 4.69) is 44.6 Å². The number of hydrogen-bond acceptors (Lipinski definition) is 5. The minimum absolute atomic E-state index is 0.0521. The van der Waals surface area contributed by atoms with Gasteiger partial charge < -0.3 is 25.4 Å². The van der Waals surface area contributed by atoms with Crippen LogP contribution in [0.25, 0.3) is 11.0 Å². The Balaban J connectivity index is 1.61. The third-order valence-corrected chi connectivity index (χ3v) is 7.07. The largest absolute Gasteiger partial charge is 0.406 e. The van der Waals surface area contributed by atoms with Crippen LogP contribution in [-0.4, -0.2) is 72.2 Å². The number of aryl methyl sites for hydroxylation is 1. The van der Waals surface area contributed by atoms with E-state index in [0.717, 1.165) is 41.7 Å². The van der Waals surface area contributed by atoms with Crippen molar-refractivity contribution >= 4 is 28.5 Å². The molecule has 0 unspecified atom stereocenters. The maximum Gasteiger partial charge on any atom is 0.406 e. The monoisotopic (exact) mass is 554 g/mol. The van der Waals surface area contributed by atoms with Gasteiger partial charge in [0.2, 0.25) is 0 Å². The molecule has 0 aliphatic carbocycles. The molecule has 2 aromatic carbocycles. The maximum atomic E-state index is 13.4. The molecule has 1 fully saturated rings. The second kappa shape index (κ2) is 12.0. The van der Waals surface area contributed by atoms with Gasteiger partial charge in [-0.1, -0.05) is 24.8 Å². The van der Waals surface area contributed by atoms with Crippen molar-refractivity contribution < 1.29 is 22.8 Å². The van der Waals surface area contributed by atoms with Crippen LogP contribution in [0.1, 0.15) is 45.2 Å². The van der Waals surface area contributed by atoms with Gasteiger partial charge in [-0.25, -0.2) is 4.98 Å². The molecule has 1 aliphatic heterocycles. The molecule has 8 nitrogen and oxygen atoms in total. The fraction of sp³-hybridized carbons (Fsp3) is 0.414. The number of alkyl halides is 3. The summed E-state index contributed by atoms with van der Waals surface area (Å²) >= 11 is 0. The molecule has 0 bridgehead atoms. The van der Waals surface area contributed by atoms with Crippen LogP contribution in [0.15, 0.2) is 36.7 Å². The third-order valence-electron chi connectivity index (χ3n) is 7.07. The Hall–Kier alpha value is -4.04. The van der Waals surface area contributed by atoms with Gasteiger partial charge in [0.05, 0.1) is 24.0 Å². The average Bonchev–Trinajstić information content (AvgIpc) is 3.29. The van der Waals surface area contributed by atoms with E-state index < -0.39 is 12.7 Å². The minimum atomic E-state index is -4.45. The van der Waals surface area contributed by atoms with Crippen LogP contribution in [-0.2, 0) is 6.54 Å². The molecule has 0 spiro atoms. The molecule has 1 aliphatic rings. The Morgan fingerprint density at radius 1 is 1.18 bits per heavy atom. The van der Waals surface area contributed by atoms with Crippen molar-refractivity contribution in [2.75, 3.05) is 39.0 Å². The van der Waals surface area contributed by atoms with Gasteiger partial charge in [-0.2, -0.15) is 13.2 Å². The molecule has 2 heterocycles. The highest BCUT2D eigenvalue weighted by molar-refractivity contribution is 6.05. The zero-order chi connectivity index (χ0) is 29.0. The number of nitrogens with one attached hydrogen (secondary N) is 3. The molecule has 3 aromatic rings. The van der Waals surface area contributed by atoms with Crippen LogP contribution < -0.4 is 16.0 Å². The highest BCUT2D eigenvalue weighted by atomic mass is 19.4. The molecule has 4 rings (SSSR count). The molecular formula is C29H33F3N6O2. The highest BCUT2D eigenvalue weighted by Gasteiger charge is 2.30. The lowest BCUT2D eigenvalue weighted by Gasteiger charge is -2.35. The van der Waals surface area contributed by atoms with E-state index in [1.54, 1.807) is 25.2 Å². The second-order valence-corrected chi connectivity index (χ2v) is 10.3. The molecule has 0 radical (unpaired) electrons. The van der Waals surface area contributed by atoms with Crippen LogP contribution in [0.2, 0.25) is 0 Å². The quantitative estimate of drug-likeness (QED) is 0.404. The van der Waals surface area contributed by atoms with Crippen molar-refractivity contribution in [2.45, 2.75) is 39.0 Å². The number of piperidine rings is 1. The zero-order valence-corrected chi connectivity index (χ0v) is 22.9. The van der Waals surface area contributed by atoms with Gasteiger partial charge >= 0.3 is 6.18 Å². The molecule has 2 amide bonds. The predicted molar refractivity (Wildman–Crippen MR) is 148 cm³/mol. The van der Waals surface area contributed by atoms with Crippen molar-refractivity contribution in [2.24, 2.45) is 5.92 Å². The molecule has 11 heteroatoms. The lowest BCUT2D eigenvalue weighted by atomic mass is 9.93. The average molecular weight is 555 g/mol. The summed E-state index contributed by atoms with van der Waals surface area (Å²) in [6, 6.07) is 8.32. The lowest BCUT2D eigenvalue weighted by molar-refractivity contribution is -0.139. The van der Waals surface area contributed by atoms with E-state index in [4.69, 9.17) is 0 Å². The molecule has 0 saturated carbocycles. The highest BCUT2D eigenvalue weighted by Crippen LogP contribution is 2.25. The smallest absolute Gasteiger partial charge is 0.374 e. The van der Waals surface area contributed by atoms with E-state index in [1.165, 1.54) is 6.07 Å². The second-order valence-electron chi connectivity index (χ2n) is 10.3. The van der Waals surface area contributed by atoms with Crippen molar-refractivity contribution in [3.8, 4) is 11.8 Å². The Morgan fingerprint density at radius 3 is 2.65 bits per heavy atom. The first-order chi connectivity index (χ1) is 18.9. The number of nitrogens with zero attached hydrogens (tertiary/aromatic N) is 3. The number of carbonyl (C=O) groups is 2. The normalized spacial score (nSPS) is 17.7. The number of carbonyl (C=O) groups excluding carboxylic acids is 2. The first-order valence-electron chi connectivity index (χ1n) is 13.1. The van der Waals surface area contributed by atoms with Crippen molar-refractivity contribution in [1.29, 1.82) is 0 Å². The predicted octanol–water partition coefficient (Wildman–Crippen LogP) is 3.80. The Labute approximate surface area is 231 Å². The lowest BCUT2D eigenvalue weighted by Crippen LogP contribution is -2.48. The number of benzene rings is 2. The molecule has 2 atom stereocenters. The number of fused-ring (bicyclic) bond motifs is 1. The summed E-state index contributed by atoms with van der Waals surface area (Å²) in [5.41, 5.74) is 3.14. The van der Waals surface area contributed by atoms with Crippen LogP contribution in [0.3, 0.4) is 0 Å². The Kier molecular flexibility index (Phi) is 8.69. The summed E-state index contributed by atoms with van der Waals surface area (Å²) in [5.74, 6) is 5.57. The Bertz CT molecular complexity index is 1470. The maximum absolute atomic E-state index is 13.4. The van der Waals surface area contributed by atoms with E-state index >= 15 is 0 Å². The summed E-state index contributed by atoms with van der Waals surface area (Å²) < 4.78 is 40.7. The van der Waals surface area contributed by atoms with Crippen LogP contribution >= 0.6 is 0 Å². The van der Waals surface area contributed by atoms with Crippen molar-refractivity contribution in [3.63, 3.8) is 0 Å². The fourth-order valence-electron chi connectivity index (χ4n) is 4.93. The molecule has 1 aromatic heterocycles. The summed E-state index contributed by atoms with van der Waals surface area (Å²) in [4.78, 5) is 31.7. The minimum Gasteiger partial charge on any atom is -0.374 e. The molecule has 40 heavy (non-hydrogen) atoms. The van der Waals surface area contributed by atoms with Crippen molar-refractivity contribution in [1.82, 2.24) is 25.1 Å². The van der Waals surface area contributed by atoms with Crippen LogP contribution in [0.4, 0.5) is 18.9 Å². The van der Waals surface area contributed by atoms with E-state index in [9.17, 15) is 22.8 Å². The van der Waals surface area contributed by atoms with Crippen molar-refractivity contribution in [3.05, 3.63) is 58.9 Å². The van der Waals surface area contributed by atoms with Gasteiger partial charge in [-0.15, -0.1) is 0 Å². The van der Waals surface area contributed by atoms with E-state index in [-0.39, 0.29) is 46.9 Å². The number of amides is 2. The van der Waals surface area contributed by atoms with Gasteiger partial charge in [-0.05, 0) is 62.7 Å². The van der Waals surface area contributed by atoms with Gasteiger partial charge in [0, 0.05) is 36.4 Å². The third kappa shape index (κ3) is 6.93. The number of hydrogen-bond donors (Lipinski definition) is 3. The number of anilines is 1. The van der Waals surface area contributed by atoms with Crippen LogP contribution in [0.5, 0.6) is 0 Å². The number of imidazole rings is 1. The van der Waals surface area contributed by atoms with Gasteiger partial charge in [0.15, 0.2) is 0 Å². The first kappa shape index (κ1) is 29.0. The molecular weight excluding hydrogens is 521 g/mol. The number of halogens is 3. The summed E-state index contributed by atoms with van der Waals surface area (Å²) in [7, 11) is 3.59. The zero-order valence-electron chi connectivity index (χ0n) is 22.9. The van der Waals surface area contributed by atoms with Gasteiger partial charge in [-0.3, -0.25) is 9.59 Å². The topological polar surface area (TPSA) is 91.3 Å². The number of aromatic nitrogens is 2.